The first kappa shape index (κ1) is 16.3. The molecule has 2 rings (SSSR count). The van der Waals surface area contributed by atoms with Gasteiger partial charge in [-0.3, -0.25) is 4.79 Å². The maximum absolute atomic E-state index is 12.7. The lowest BCUT2D eigenvalue weighted by molar-refractivity contribution is 0.0618. The summed E-state index contributed by atoms with van der Waals surface area (Å²) in [4.78, 5) is 14.6. The number of rotatable bonds is 3. The topological polar surface area (TPSA) is 55.6 Å². The highest BCUT2D eigenvalue weighted by atomic mass is 79.9. The summed E-state index contributed by atoms with van der Waals surface area (Å²) in [5, 5.41) is 0. The van der Waals surface area contributed by atoms with Crippen molar-refractivity contribution in [2.24, 2.45) is 5.73 Å². The number of benzene rings is 1. The van der Waals surface area contributed by atoms with Crippen LogP contribution in [0.5, 0.6) is 5.75 Å². The van der Waals surface area contributed by atoms with Gasteiger partial charge < -0.3 is 15.4 Å². The number of ether oxygens (including phenoxy) is 1. The Hall–Kier alpha value is -1.07. The van der Waals surface area contributed by atoms with Gasteiger partial charge in [0.05, 0.1) is 6.10 Å². The van der Waals surface area contributed by atoms with Gasteiger partial charge in [-0.1, -0.05) is 15.9 Å². The Morgan fingerprint density at radius 1 is 1.43 bits per heavy atom. The van der Waals surface area contributed by atoms with E-state index in [1.54, 1.807) is 0 Å². The summed E-state index contributed by atoms with van der Waals surface area (Å²) < 4.78 is 6.55. The number of hydrogen-bond acceptors (Lipinski definition) is 3. The number of halogens is 1. The smallest absolute Gasteiger partial charge is 0.254 e. The predicted octanol–water partition coefficient (Wildman–Crippen LogP) is 3.19. The van der Waals surface area contributed by atoms with Gasteiger partial charge in [0.25, 0.3) is 5.91 Å². The highest BCUT2D eigenvalue weighted by Crippen LogP contribution is 2.25. The zero-order chi connectivity index (χ0) is 15.6. The number of piperidine rings is 1. The second kappa shape index (κ2) is 6.79. The SMILES string of the molecule is CC(C)Oc1cc(Br)cc(C(=O)N2CC[C@H](N)C[C@H]2C)c1. The van der Waals surface area contributed by atoms with E-state index in [4.69, 9.17) is 10.5 Å². The van der Waals surface area contributed by atoms with Crippen molar-refractivity contribution in [3.8, 4) is 5.75 Å². The fourth-order valence-corrected chi connectivity index (χ4v) is 3.17. The van der Waals surface area contributed by atoms with Crippen LogP contribution < -0.4 is 10.5 Å². The van der Waals surface area contributed by atoms with Gasteiger partial charge in [0.15, 0.2) is 0 Å². The summed E-state index contributed by atoms with van der Waals surface area (Å²) in [6.07, 6.45) is 1.79. The lowest BCUT2D eigenvalue weighted by Crippen LogP contribution is -2.48. The lowest BCUT2D eigenvalue weighted by atomic mass is 9.98. The highest BCUT2D eigenvalue weighted by Gasteiger charge is 2.28. The largest absolute Gasteiger partial charge is 0.491 e. The highest BCUT2D eigenvalue weighted by molar-refractivity contribution is 9.10. The minimum atomic E-state index is 0.0457. The molecule has 116 valence electrons. The van der Waals surface area contributed by atoms with Crippen molar-refractivity contribution < 1.29 is 9.53 Å². The van der Waals surface area contributed by atoms with E-state index < -0.39 is 0 Å². The quantitative estimate of drug-likeness (QED) is 0.906. The van der Waals surface area contributed by atoms with E-state index in [0.29, 0.717) is 17.9 Å². The Balaban J connectivity index is 2.20. The summed E-state index contributed by atoms with van der Waals surface area (Å²) in [6.45, 7) is 6.71. The second-order valence-corrected chi connectivity index (χ2v) is 6.89. The summed E-state index contributed by atoms with van der Waals surface area (Å²) >= 11 is 3.45. The number of nitrogens with two attached hydrogens (primary N) is 1. The molecule has 2 atom stereocenters. The van der Waals surface area contributed by atoms with Crippen molar-refractivity contribution in [3.05, 3.63) is 28.2 Å². The Kier molecular flexibility index (Phi) is 5.27. The second-order valence-electron chi connectivity index (χ2n) is 5.97. The van der Waals surface area contributed by atoms with Crippen molar-refractivity contribution in [3.63, 3.8) is 0 Å². The van der Waals surface area contributed by atoms with Crippen LogP contribution in [-0.4, -0.2) is 35.5 Å². The fourth-order valence-electron chi connectivity index (χ4n) is 2.70. The van der Waals surface area contributed by atoms with Gasteiger partial charge in [0, 0.05) is 28.7 Å². The lowest BCUT2D eigenvalue weighted by Gasteiger charge is -2.36. The van der Waals surface area contributed by atoms with Gasteiger partial charge in [-0.05, 0) is 51.8 Å². The third-order valence-electron chi connectivity index (χ3n) is 3.67. The molecule has 1 heterocycles. The first-order valence-electron chi connectivity index (χ1n) is 7.40. The number of nitrogens with zero attached hydrogens (tertiary/aromatic N) is 1. The Morgan fingerprint density at radius 2 is 2.14 bits per heavy atom. The molecule has 1 aliphatic heterocycles. The molecule has 1 fully saturated rings. The van der Waals surface area contributed by atoms with Crippen LogP contribution in [0.2, 0.25) is 0 Å². The van der Waals surface area contributed by atoms with Crippen molar-refractivity contribution in [2.45, 2.75) is 51.8 Å². The van der Waals surface area contributed by atoms with E-state index in [9.17, 15) is 4.79 Å². The molecular formula is C16H23BrN2O2. The van der Waals surface area contributed by atoms with Crippen molar-refractivity contribution in [2.75, 3.05) is 6.54 Å². The fraction of sp³-hybridized carbons (Fsp3) is 0.562. The third-order valence-corrected chi connectivity index (χ3v) is 4.13. The van der Waals surface area contributed by atoms with Crippen LogP contribution in [0.1, 0.15) is 44.0 Å². The van der Waals surface area contributed by atoms with Gasteiger partial charge >= 0.3 is 0 Å². The maximum Gasteiger partial charge on any atom is 0.254 e. The monoisotopic (exact) mass is 354 g/mol. The van der Waals surface area contributed by atoms with Crippen LogP contribution in [0.25, 0.3) is 0 Å². The van der Waals surface area contributed by atoms with Crippen LogP contribution in [0, 0.1) is 0 Å². The van der Waals surface area contributed by atoms with Gasteiger partial charge in [-0.15, -0.1) is 0 Å². The number of carbonyl (C=O) groups is 1. The molecule has 1 aromatic rings. The molecule has 5 heteroatoms. The number of likely N-dealkylation sites (tertiary alicyclic amines) is 1. The van der Waals surface area contributed by atoms with E-state index in [2.05, 4.69) is 22.9 Å². The molecule has 0 saturated carbocycles. The number of amides is 1. The molecule has 1 saturated heterocycles. The average Bonchev–Trinajstić information content (AvgIpc) is 2.36. The molecule has 4 nitrogen and oxygen atoms in total. The van der Waals surface area contributed by atoms with Crippen LogP contribution in [0.15, 0.2) is 22.7 Å². The van der Waals surface area contributed by atoms with E-state index in [1.165, 1.54) is 0 Å². The van der Waals surface area contributed by atoms with E-state index in [1.807, 2.05) is 36.9 Å². The van der Waals surface area contributed by atoms with E-state index in [-0.39, 0.29) is 24.1 Å². The first-order chi connectivity index (χ1) is 9.86. The molecule has 21 heavy (non-hydrogen) atoms. The number of hydrogen-bond donors (Lipinski definition) is 1. The summed E-state index contributed by atoms with van der Waals surface area (Å²) in [5.74, 6) is 0.758. The standard InChI is InChI=1S/C16H23BrN2O2/c1-10(2)21-15-8-12(7-13(17)9-15)16(20)19-5-4-14(18)6-11(19)3/h7-11,14H,4-6,18H2,1-3H3/t11-,14+/m1/s1. The molecular weight excluding hydrogens is 332 g/mol. The first-order valence-corrected chi connectivity index (χ1v) is 8.20. The minimum absolute atomic E-state index is 0.0457. The third kappa shape index (κ3) is 4.20. The van der Waals surface area contributed by atoms with E-state index in [0.717, 1.165) is 17.3 Å². The average molecular weight is 355 g/mol. The maximum atomic E-state index is 12.7. The molecule has 0 spiro atoms. The molecule has 0 unspecified atom stereocenters. The molecule has 2 N–H and O–H groups in total. The van der Waals surface area contributed by atoms with Crippen LogP contribution >= 0.6 is 15.9 Å². The van der Waals surface area contributed by atoms with Gasteiger partial charge in [0.1, 0.15) is 5.75 Å². The Morgan fingerprint density at radius 3 is 2.76 bits per heavy atom. The van der Waals surface area contributed by atoms with Crippen molar-refractivity contribution in [1.29, 1.82) is 0 Å². The molecule has 0 aliphatic carbocycles. The predicted molar refractivity (Wildman–Crippen MR) is 87.6 cm³/mol. The van der Waals surface area contributed by atoms with Crippen molar-refractivity contribution >= 4 is 21.8 Å². The van der Waals surface area contributed by atoms with Gasteiger partial charge in [-0.2, -0.15) is 0 Å². The van der Waals surface area contributed by atoms with Crippen LogP contribution in [-0.2, 0) is 0 Å². The van der Waals surface area contributed by atoms with Gasteiger partial charge in [0.2, 0.25) is 0 Å². The van der Waals surface area contributed by atoms with Crippen molar-refractivity contribution in [1.82, 2.24) is 4.90 Å². The zero-order valence-corrected chi connectivity index (χ0v) is 14.4. The molecule has 1 amide bonds. The normalized spacial score (nSPS) is 22.5. The molecule has 0 aromatic heterocycles. The van der Waals surface area contributed by atoms with Crippen LogP contribution in [0.3, 0.4) is 0 Å². The Labute approximate surface area is 134 Å². The number of carbonyl (C=O) groups excluding carboxylic acids is 1. The molecule has 1 aromatic carbocycles. The Bertz CT molecular complexity index is 519. The van der Waals surface area contributed by atoms with Gasteiger partial charge in [-0.25, -0.2) is 0 Å². The molecule has 0 bridgehead atoms. The van der Waals surface area contributed by atoms with E-state index >= 15 is 0 Å². The van der Waals surface area contributed by atoms with Crippen LogP contribution in [0.4, 0.5) is 0 Å². The minimum Gasteiger partial charge on any atom is -0.491 e. The summed E-state index contributed by atoms with van der Waals surface area (Å²) in [5.41, 5.74) is 6.62. The summed E-state index contributed by atoms with van der Waals surface area (Å²) in [7, 11) is 0. The zero-order valence-electron chi connectivity index (χ0n) is 12.8. The molecule has 0 radical (unpaired) electrons. The molecule has 1 aliphatic rings. The summed E-state index contributed by atoms with van der Waals surface area (Å²) in [6, 6.07) is 5.92.